The average molecular weight is 198 g/mol. The van der Waals surface area contributed by atoms with Crippen molar-refractivity contribution in [2.24, 2.45) is 11.3 Å². The molecule has 1 aromatic rings. The molecule has 70 valence electrons. The van der Waals surface area contributed by atoms with Crippen LogP contribution < -0.4 is 0 Å². The third-order valence-electron chi connectivity index (χ3n) is 3.39. The molecule has 4 heteroatoms. The molecule has 0 saturated heterocycles. The predicted molar refractivity (Wildman–Crippen MR) is 49.4 cm³/mol. The van der Waals surface area contributed by atoms with Crippen LogP contribution in [-0.2, 0) is 6.54 Å². The van der Waals surface area contributed by atoms with Gasteiger partial charge in [0.25, 0.3) is 0 Å². The smallest absolute Gasteiger partial charge is 0.224 e. The summed E-state index contributed by atoms with van der Waals surface area (Å²) >= 11 is 5.89. The molecule has 3 rings (SSSR count). The van der Waals surface area contributed by atoms with Crippen molar-refractivity contribution in [3.05, 3.63) is 11.6 Å². The fourth-order valence-corrected chi connectivity index (χ4v) is 2.38. The van der Waals surface area contributed by atoms with Crippen molar-refractivity contribution in [3.8, 4) is 0 Å². The fourth-order valence-electron chi connectivity index (χ4n) is 2.24. The van der Waals surface area contributed by atoms with E-state index < -0.39 is 0 Å². The molecule has 13 heavy (non-hydrogen) atoms. The maximum absolute atomic E-state index is 5.89. The molecule has 0 aromatic carbocycles. The minimum atomic E-state index is 0.534. The summed E-state index contributed by atoms with van der Waals surface area (Å²) in [6, 6.07) is 0. The van der Waals surface area contributed by atoms with Crippen LogP contribution in [0.5, 0.6) is 0 Å². The van der Waals surface area contributed by atoms with E-state index in [1.165, 1.54) is 25.7 Å². The van der Waals surface area contributed by atoms with Gasteiger partial charge in [0.1, 0.15) is 6.33 Å². The van der Waals surface area contributed by atoms with Crippen molar-refractivity contribution >= 4 is 11.6 Å². The molecule has 0 amide bonds. The van der Waals surface area contributed by atoms with E-state index in [9.17, 15) is 0 Å². The van der Waals surface area contributed by atoms with E-state index in [0.717, 1.165) is 12.5 Å². The van der Waals surface area contributed by atoms with Gasteiger partial charge < -0.3 is 4.57 Å². The fraction of sp³-hybridized carbons (Fsp3) is 0.778. The Kier molecular flexibility index (Phi) is 1.48. The molecular weight excluding hydrogens is 186 g/mol. The summed E-state index contributed by atoms with van der Waals surface area (Å²) in [4.78, 5) is 0. The second kappa shape index (κ2) is 2.47. The Labute approximate surface area is 82.1 Å². The van der Waals surface area contributed by atoms with Gasteiger partial charge in [-0.2, -0.15) is 0 Å². The number of nitrogens with zero attached hydrogens (tertiary/aromatic N) is 3. The van der Waals surface area contributed by atoms with E-state index >= 15 is 0 Å². The Morgan fingerprint density at radius 2 is 2.31 bits per heavy atom. The van der Waals surface area contributed by atoms with Crippen LogP contribution >= 0.6 is 11.6 Å². The standard InChI is InChI=1S/C9H12ClN3/c10-8-12-11-6-13(8)5-9(3-4-9)7-1-2-7/h6-7H,1-5H2. The van der Waals surface area contributed by atoms with Crippen LogP contribution in [0.15, 0.2) is 6.33 Å². The van der Waals surface area contributed by atoms with Crippen LogP contribution in [-0.4, -0.2) is 14.8 Å². The van der Waals surface area contributed by atoms with Crippen LogP contribution in [0.2, 0.25) is 5.28 Å². The normalized spacial score (nSPS) is 24.7. The summed E-state index contributed by atoms with van der Waals surface area (Å²) in [7, 11) is 0. The van der Waals surface area contributed by atoms with E-state index in [2.05, 4.69) is 10.2 Å². The number of aromatic nitrogens is 3. The van der Waals surface area contributed by atoms with Crippen molar-refractivity contribution in [1.82, 2.24) is 14.8 Å². The lowest BCUT2D eigenvalue weighted by atomic mass is 10.0. The zero-order chi connectivity index (χ0) is 8.89. The molecule has 0 bridgehead atoms. The molecule has 2 saturated carbocycles. The highest BCUT2D eigenvalue weighted by Gasteiger charge is 2.53. The van der Waals surface area contributed by atoms with Crippen molar-refractivity contribution in [2.45, 2.75) is 32.2 Å². The third-order valence-corrected chi connectivity index (χ3v) is 3.68. The van der Waals surface area contributed by atoms with E-state index in [0.29, 0.717) is 10.7 Å². The van der Waals surface area contributed by atoms with Gasteiger partial charge in [-0.25, -0.2) is 0 Å². The average Bonchev–Trinajstić information content (AvgIpc) is 2.97. The van der Waals surface area contributed by atoms with Crippen LogP contribution in [0, 0.1) is 11.3 Å². The molecule has 2 fully saturated rings. The van der Waals surface area contributed by atoms with Crippen molar-refractivity contribution < 1.29 is 0 Å². The Balaban J connectivity index is 1.78. The second-order valence-corrected chi connectivity index (χ2v) is 4.70. The summed E-state index contributed by atoms with van der Waals surface area (Å²) in [5.74, 6) is 0.964. The molecular formula is C9H12ClN3. The first-order valence-electron chi connectivity index (χ1n) is 4.83. The van der Waals surface area contributed by atoms with E-state index in [4.69, 9.17) is 11.6 Å². The highest BCUT2D eigenvalue weighted by atomic mass is 35.5. The van der Waals surface area contributed by atoms with Crippen LogP contribution in [0.3, 0.4) is 0 Å². The summed E-state index contributed by atoms with van der Waals surface area (Å²) < 4.78 is 1.98. The first-order valence-corrected chi connectivity index (χ1v) is 5.21. The number of halogens is 1. The van der Waals surface area contributed by atoms with Crippen molar-refractivity contribution in [2.75, 3.05) is 0 Å². The molecule has 2 aliphatic carbocycles. The lowest BCUT2D eigenvalue weighted by molar-refractivity contribution is 0.369. The molecule has 0 atom stereocenters. The van der Waals surface area contributed by atoms with E-state index in [1.807, 2.05) is 4.57 Å². The zero-order valence-corrected chi connectivity index (χ0v) is 8.17. The molecule has 0 unspecified atom stereocenters. The second-order valence-electron chi connectivity index (χ2n) is 4.36. The molecule has 3 nitrogen and oxygen atoms in total. The molecule has 1 aromatic heterocycles. The van der Waals surface area contributed by atoms with Gasteiger partial charge in [-0.3, -0.25) is 0 Å². The van der Waals surface area contributed by atoms with Crippen molar-refractivity contribution in [1.29, 1.82) is 0 Å². The maximum atomic E-state index is 5.89. The first-order chi connectivity index (χ1) is 6.30. The van der Waals surface area contributed by atoms with Gasteiger partial charge in [0, 0.05) is 6.54 Å². The minimum absolute atomic E-state index is 0.534. The van der Waals surface area contributed by atoms with Gasteiger partial charge in [0.15, 0.2) is 0 Å². The minimum Gasteiger partial charge on any atom is -0.304 e. The van der Waals surface area contributed by atoms with E-state index in [-0.39, 0.29) is 0 Å². The largest absolute Gasteiger partial charge is 0.304 e. The van der Waals surface area contributed by atoms with Crippen LogP contribution in [0.4, 0.5) is 0 Å². The molecule has 1 heterocycles. The Hall–Kier alpha value is -0.570. The monoisotopic (exact) mass is 197 g/mol. The van der Waals surface area contributed by atoms with Gasteiger partial charge in [0.05, 0.1) is 0 Å². The van der Waals surface area contributed by atoms with Crippen LogP contribution in [0.25, 0.3) is 0 Å². The SMILES string of the molecule is Clc1nncn1CC1(C2CC2)CC1. The van der Waals surface area contributed by atoms with Gasteiger partial charge in [0.2, 0.25) is 5.28 Å². The lowest BCUT2D eigenvalue weighted by Crippen LogP contribution is -2.13. The molecule has 0 aliphatic heterocycles. The molecule has 0 spiro atoms. The first kappa shape index (κ1) is 7.80. The maximum Gasteiger partial charge on any atom is 0.224 e. The van der Waals surface area contributed by atoms with E-state index in [1.54, 1.807) is 6.33 Å². The highest BCUT2D eigenvalue weighted by Crippen LogP contribution is 2.62. The van der Waals surface area contributed by atoms with Gasteiger partial charge in [-0.1, -0.05) is 0 Å². The molecule has 0 N–H and O–H groups in total. The zero-order valence-electron chi connectivity index (χ0n) is 7.41. The lowest BCUT2D eigenvalue weighted by Gasteiger charge is -2.14. The number of rotatable bonds is 3. The Morgan fingerprint density at radius 1 is 1.54 bits per heavy atom. The molecule has 2 aliphatic rings. The topological polar surface area (TPSA) is 30.7 Å². The Morgan fingerprint density at radius 3 is 2.77 bits per heavy atom. The quantitative estimate of drug-likeness (QED) is 0.743. The summed E-state index contributed by atoms with van der Waals surface area (Å²) in [6.45, 7) is 1.03. The Bertz CT molecular complexity index is 325. The van der Waals surface area contributed by atoms with Gasteiger partial charge in [-0.15, -0.1) is 10.2 Å². The number of hydrogen-bond donors (Lipinski definition) is 0. The highest BCUT2D eigenvalue weighted by molar-refractivity contribution is 6.28. The molecule has 0 radical (unpaired) electrons. The number of hydrogen-bond acceptors (Lipinski definition) is 2. The van der Waals surface area contributed by atoms with Crippen molar-refractivity contribution in [3.63, 3.8) is 0 Å². The summed E-state index contributed by atoms with van der Waals surface area (Å²) in [5.41, 5.74) is 0.575. The van der Waals surface area contributed by atoms with Crippen LogP contribution in [0.1, 0.15) is 25.7 Å². The summed E-state index contributed by atoms with van der Waals surface area (Å²) in [6.07, 6.45) is 7.31. The predicted octanol–water partition coefficient (Wildman–Crippen LogP) is 2.12. The van der Waals surface area contributed by atoms with Gasteiger partial charge in [-0.05, 0) is 48.6 Å². The summed E-state index contributed by atoms with van der Waals surface area (Å²) in [5, 5.41) is 8.12. The van der Waals surface area contributed by atoms with Gasteiger partial charge >= 0.3 is 0 Å². The third kappa shape index (κ3) is 1.26.